The van der Waals surface area contributed by atoms with Crippen LogP contribution in [0.1, 0.15) is 73.6 Å². The summed E-state index contributed by atoms with van der Waals surface area (Å²) in [4.78, 5) is 37.3. The summed E-state index contributed by atoms with van der Waals surface area (Å²) in [5, 5.41) is 22.4. The molecule has 0 bridgehead atoms. The highest BCUT2D eigenvalue weighted by atomic mass is 16.6. The molecule has 0 spiro atoms. The Morgan fingerprint density at radius 1 is 1.11 bits per heavy atom. The quantitative estimate of drug-likeness (QED) is 0.454. The number of allylic oxidation sites excluding steroid dienone is 1. The Hall–Kier alpha value is -1.99. The second-order valence-electron chi connectivity index (χ2n) is 12.8. The van der Waals surface area contributed by atoms with E-state index in [1.165, 1.54) is 13.2 Å². The van der Waals surface area contributed by atoms with Crippen molar-refractivity contribution >= 4 is 17.7 Å². The van der Waals surface area contributed by atoms with E-state index in [1.54, 1.807) is 0 Å². The zero-order chi connectivity index (χ0) is 25.7. The van der Waals surface area contributed by atoms with E-state index in [1.807, 2.05) is 13.8 Å². The number of Topliss-reactive ketones (excluding diaryl/α,β-unsaturated/α-hetero) is 1. The van der Waals surface area contributed by atoms with Gasteiger partial charge in [0, 0.05) is 35.7 Å². The molecule has 9 atom stereocenters. The maximum atomic E-state index is 13.0. The Kier molecular flexibility index (Phi) is 5.30. The molecule has 1 unspecified atom stereocenters. The van der Waals surface area contributed by atoms with Gasteiger partial charge in [0.1, 0.15) is 11.9 Å². The highest BCUT2D eigenvalue weighted by Gasteiger charge is 2.72. The molecule has 0 amide bonds. The standard InChI is InChI=1S/C28H38O7/c1-14(29)35-23-21(32)22-25(2,3)19(30)10-12-27(22,5)18-9-11-26(4)16(7-8-17(26)28(18,23)6)15-13-34-24(33)20(15)31/h8,13,16,18,20-23,31-32H,7,9-12H2,1-6H3/t16-,18+,20?,21+,22-,23+,26-,27+,28-/m0/s1. The van der Waals surface area contributed by atoms with Gasteiger partial charge in [-0.1, -0.05) is 46.3 Å². The van der Waals surface area contributed by atoms with Gasteiger partial charge in [-0.2, -0.15) is 0 Å². The predicted molar refractivity (Wildman–Crippen MR) is 126 cm³/mol. The minimum Gasteiger partial charge on any atom is -0.459 e. The van der Waals surface area contributed by atoms with Crippen LogP contribution < -0.4 is 0 Å². The average Bonchev–Trinajstić information content (AvgIpc) is 3.28. The van der Waals surface area contributed by atoms with Gasteiger partial charge in [0.25, 0.3) is 0 Å². The first-order valence-corrected chi connectivity index (χ1v) is 12.9. The van der Waals surface area contributed by atoms with Crippen LogP contribution in [-0.2, 0) is 23.9 Å². The first-order valence-electron chi connectivity index (χ1n) is 12.9. The Bertz CT molecular complexity index is 1060. The summed E-state index contributed by atoms with van der Waals surface area (Å²) < 4.78 is 11.0. The Morgan fingerprint density at radius 2 is 1.80 bits per heavy atom. The smallest absolute Gasteiger partial charge is 0.344 e. The summed E-state index contributed by atoms with van der Waals surface area (Å²) >= 11 is 0. The molecule has 2 N–H and O–H groups in total. The van der Waals surface area contributed by atoms with E-state index in [2.05, 4.69) is 26.8 Å². The van der Waals surface area contributed by atoms with Gasteiger partial charge >= 0.3 is 11.9 Å². The zero-order valence-corrected chi connectivity index (χ0v) is 21.6. The monoisotopic (exact) mass is 486 g/mol. The maximum Gasteiger partial charge on any atom is 0.344 e. The number of esters is 2. The number of ketones is 1. The van der Waals surface area contributed by atoms with Crippen LogP contribution in [0.15, 0.2) is 23.5 Å². The Morgan fingerprint density at radius 3 is 2.40 bits per heavy atom. The van der Waals surface area contributed by atoms with E-state index in [0.29, 0.717) is 24.8 Å². The summed E-state index contributed by atoms with van der Waals surface area (Å²) in [5.41, 5.74) is -0.348. The van der Waals surface area contributed by atoms with Gasteiger partial charge in [0.05, 0.1) is 12.4 Å². The van der Waals surface area contributed by atoms with E-state index >= 15 is 0 Å². The van der Waals surface area contributed by atoms with Crippen molar-refractivity contribution in [3.05, 3.63) is 23.5 Å². The van der Waals surface area contributed by atoms with Crippen LogP contribution >= 0.6 is 0 Å². The molecule has 0 aromatic rings. The first-order chi connectivity index (χ1) is 16.2. The summed E-state index contributed by atoms with van der Waals surface area (Å²) in [6.45, 7) is 11.7. The molecule has 192 valence electrons. The van der Waals surface area contributed by atoms with E-state index < -0.39 is 41.1 Å². The van der Waals surface area contributed by atoms with Gasteiger partial charge in [0.15, 0.2) is 6.10 Å². The lowest BCUT2D eigenvalue weighted by atomic mass is 9.36. The molecule has 7 nitrogen and oxygen atoms in total. The van der Waals surface area contributed by atoms with E-state index in [4.69, 9.17) is 9.47 Å². The molecule has 3 saturated carbocycles. The third-order valence-electron chi connectivity index (χ3n) is 10.9. The molecule has 5 rings (SSSR count). The van der Waals surface area contributed by atoms with E-state index in [0.717, 1.165) is 18.4 Å². The molecule has 0 radical (unpaired) electrons. The van der Waals surface area contributed by atoms with Crippen molar-refractivity contribution < 1.29 is 34.1 Å². The van der Waals surface area contributed by atoms with Crippen LogP contribution in [0.2, 0.25) is 0 Å². The van der Waals surface area contributed by atoms with E-state index in [-0.39, 0.29) is 34.4 Å². The number of hydrogen-bond donors (Lipinski definition) is 2. The molecule has 1 heterocycles. The molecule has 35 heavy (non-hydrogen) atoms. The molecular weight excluding hydrogens is 448 g/mol. The fourth-order valence-corrected chi connectivity index (χ4v) is 9.49. The lowest BCUT2D eigenvalue weighted by Crippen LogP contribution is -2.71. The van der Waals surface area contributed by atoms with Crippen molar-refractivity contribution in [3.8, 4) is 0 Å². The molecule has 0 aromatic carbocycles. The van der Waals surface area contributed by atoms with Crippen molar-refractivity contribution in [3.63, 3.8) is 0 Å². The molecule has 0 aromatic heterocycles. The highest BCUT2D eigenvalue weighted by Crippen LogP contribution is 2.73. The number of carbonyl (C=O) groups excluding carboxylic acids is 3. The molecule has 5 aliphatic rings. The number of ether oxygens (including phenoxy) is 2. The summed E-state index contributed by atoms with van der Waals surface area (Å²) in [7, 11) is 0. The molecule has 0 saturated heterocycles. The number of fused-ring (bicyclic) bond motifs is 5. The Balaban J connectivity index is 1.63. The van der Waals surface area contributed by atoms with Crippen LogP contribution in [0.3, 0.4) is 0 Å². The van der Waals surface area contributed by atoms with Crippen molar-refractivity contribution in [1.29, 1.82) is 0 Å². The minimum absolute atomic E-state index is 0.0959. The fraction of sp³-hybridized carbons (Fsp3) is 0.750. The second-order valence-corrected chi connectivity index (χ2v) is 12.8. The minimum atomic E-state index is -1.26. The van der Waals surface area contributed by atoms with E-state index in [9.17, 15) is 24.6 Å². The largest absolute Gasteiger partial charge is 0.459 e. The molecule has 4 aliphatic carbocycles. The highest BCUT2D eigenvalue weighted by molar-refractivity contribution is 5.86. The van der Waals surface area contributed by atoms with Crippen LogP contribution in [-0.4, -0.2) is 46.2 Å². The molecule has 3 fully saturated rings. The number of aliphatic hydroxyl groups is 2. The number of carbonyl (C=O) groups is 3. The van der Waals surface area contributed by atoms with Gasteiger partial charge in [-0.3, -0.25) is 9.59 Å². The predicted octanol–water partition coefficient (Wildman–Crippen LogP) is 3.47. The lowest BCUT2D eigenvalue weighted by molar-refractivity contribution is -0.246. The molecular formula is C28H38O7. The fourth-order valence-electron chi connectivity index (χ4n) is 9.49. The van der Waals surface area contributed by atoms with Gasteiger partial charge in [-0.25, -0.2) is 4.79 Å². The zero-order valence-electron chi connectivity index (χ0n) is 21.6. The van der Waals surface area contributed by atoms with Crippen molar-refractivity contribution in [2.45, 2.75) is 92.0 Å². The third-order valence-corrected chi connectivity index (χ3v) is 10.9. The van der Waals surface area contributed by atoms with Gasteiger partial charge in [-0.15, -0.1) is 0 Å². The first kappa shape index (κ1) is 24.7. The second kappa shape index (κ2) is 7.51. The summed E-state index contributed by atoms with van der Waals surface area (Å²) in [6, 6.07) is 0. The van der Waals surface area contributed by atoms with Crippen molar-refractivity contribution in [1.82, 2.24) is 0 Å². The Labute approximate surface area is 206 Å². The lowest BCUT2D eigenvalue weighted by Gasteiger charge is -2.69. The van der Waals surface area contributed by atoms with Crippen LogP contribution in [0, 0.1) is 39.4 Å². The number of hydrogen-bond acceptors (Lipinski definition) is 7. The van der Waals surface area contributed by atoms with Crippen LogP contribution in [0.5, 0.6) is 0 Å². The number of aliphatic hydroxyl groups excluding tert-OH is 2. The van der Waals surface area contributed by atoms with Gasteiger partial charge in [0.2, 0.25) is 0 Å². The number of rotatable bonds is 2. The third kappa shape index (κ3) is 3.00. The van der Waals surface area contributed by atoms with Crippen molar-refractivity contribution in [2.75, 3.05) is 0 Å². The molecule has 7 heteroatoms. The topological polar surface area (TPSA) is 110 Å². The molecule has 1 aliphatic heterocycles. The maximum absolute atomic E-state index is 13.0. The average molecular weight is 487 g/mol. The van der Waals surface area contributed by atoms with Crippen molar-refractivity contribution in [2.24, 2.45) is 39.4 Å². The van der Waals surface area contributed by atoms with Gasteiger partial charge in [-0.05, 0) is 48.3 Å². The summed E-state index contributed by atoms with van der Waals surface area (Å²) in [5.74, 6) is -1.29. The normalized spacial score (nSPS) is 48.2. The summed E-state index contributed by atoms with van der Waals surface area (Å²) in [6.07, 6.45) is 4.02. The van der Waals surface area contributed by atoms with Crippen LogP contribution in [0.25, 0.3) is 0 Å². The van der Waals surface area contributed by atoms with Gasteiger partial charge < -0.3 is 19.7 Å². The van der Waals surface area contributed by atoms with Crippen LogP contribution in [0.4, 0.5) is 0 Å². The SMILES string of the molecule is CC(=O)O[C@@H]1[C@H](O)[C@H]2C(C)(C)C(=O)CC[C@]2(C)[C@H]2CC[C@]3(C)C(=CC[C@H]3C3=COC(=O)C3O)[C@]12C. The number of cyclic esters (lactones) is 1.